The topological polar surface area (TPSA) is 45.4 Å². The van der Waals surface area contributed by atoms with Crippen molar-refractivity contribution in [2.75, 3.05) is 13.1 Å². The molecule has 0 aliphatic carbocycles. The van der Waals surface area contributed by atoms with Gasteiger partial charge in [0.25, 0.3) is 0 Å². The Morgan fingerprint density at radius 1 is 1.54 bits per heavy atom. The van der Waals surface area contributed by atoms with Gasteiger partial charge in [-0.3, -0.25) is 0 Å². The van der Waals surface area contributed by atoms with Crippen LogP contribution in [0.25, 0.3) is 5.57 Å². The van der Waals surface area contributed by atoms with Gasteiger partial charge in [0.1, 0.15) is 11.5 Å². The highest BCUT2D eigenvalue weighted by Gasteiger charge is 2.18. The van der Waals surface area contributed by atoms with Gasteiger partial charge in [-0.2, -0.15) is 0 Å². The zero-order valence-electron chi connectivity index (χ0n) is 7.58. The van der Waals surface area contributed by atoms with E-state index >= 15 is 0 Å². The van der Waals surface area contributed by atoms with Crippen LogP contribution in [0, 0.1) is 6.92 Å². The van der Waals surface area contributed by atoms with E-state index in [2.05, 4.69) is 5.32 Å². The van der Waals surface area contributed by atoms with E-state index in [9.17, 15) is 5.11 Å². The maximum Gasteiger partial charge on any atom is 0.132 e. The molecule has 1 atom stereocenters. The van der Waals surface area contributed by atoms with E-state index in [0.717, 1.165) is 23.6 Å². The van der Waals surface area contributed by atoms with Gasteiger partial charge in [-0.05, 0) is 19.1 Å². The van der Waals surface area contributed by atoms with Crippen LogP contribution in [0.2, 0.25) is 0 Å². The first-order chi connectivity index (χ1) is 6.27. The van der Waals surface area contributed by atoms with Crippen molar-refractivity contribution in [2.45, 2.75) is 13.0 Å². The van der Waals surface area contributed by atoms with Gasteiger partial charge in [-0.15, -0.1) is 0 Å². The summed E-state index contributed by atoms with van der Waals surface area (Å²) in [6, 6.07) is 3.81. The maximum absolute atomic E-state index is 9.64. The lowest BCUT2D eigenvalue weighted by molar-refractivity contribution is 0.222. The van der Waals surface area contributed by atoms with Crippen LogP contribution >= 0.6 is 0 Å². The summed E-state index contributed by atoms with van der Waals surface area (Å²) in [6.45, 7) is 3.30. The molecule has 3 nitrogen and oxygen atoms in total. The van der Waals surface area contributed by atoms with Crippen molar-refractivity contribution in [1.29, 1.82) is 0 Å². The van der Waals surface area contributed by atoms with Crippen LogP contribution in [0.4, 0.5) is 0 Å². The molecule has 1 aromatic heterocycles. The molecule has 70 valence electrons. The number of nitrogens with one attached hydrogen (secondary N) is 1. The van der Waals surface area contributed by atoms with Crippen molar-refractivity contribution < 1.29 is 9.52 Å². The first-order valence-electron chi connectivity index (χ1n) is 4.43. The molecule has 0 aromatic carbocycles. The molecule has 2 N–H and O–H groups in total. The smallest absolute Gasteiger partial charge is 0.132 e. The molecule has 0 bridgehead atoms. The Bertz CT molecular complexity index is 327. The van der Waals surface area contributed by atoms with Gasteiger partial charge < -0.3 is 14.8 Å². The number of aliphatic hydroxyl groups excluding tert-OH is 1. The minimum absolute atomic E-state index is 0.445. The molecular weight excluding hydrogens is 166 g/mol. The average molecular weight is 179 g/mol. The van der Waals surface area contributed by atoms with Crippen LogP contribution in [0.1, 0.15) is 11.5 Å². The van der Waals surface area contributed by atoms with Gasteiger partial charge in [0.15, 0.2) is 0 Å². The Morgan fingerprint density at radius 3 is 3.00 bits per heavy atom. The van der Waals surface area contributed by atoms with Crippen LogP contribution in [0.3, 0.4) is 0 Å². The molecule has 0 saturated heterocycles. The highest BCUT2D eigenvalue weighted by molar-refractivity contribution is 5.66. The molecule has 0 spiro atoms. The number of furan rings is 1. The lowest BCUT2D eigenvalue weighted by Gasteiger charge is -2.18. The van der Waals surface area contributed by atoms with E-state index in [4.69, 9.17) is 4.42 Å². The average Bonchev–Trinajstić information content (AvgIpc) is 2.53. The maximum atomic E-state index is 9.64. The predicted octanol–water partition coefficient (Wildman–Crippen LogP) is 0.936. The lowest BCUT2D eigenvalue weighted by atomic mass is 10.0. The van der Waals surface area contributed by atoms with Gasteiger partial charge in [-0.1, -0.05) is 6.08 Å². The molecule has 1 aliphatic heterocycles. The fourth-order valence-electron chi connectivity index (χ4n) is 1.50. The number of aliphatic hydroxyl groups is 1. The number of hydrogen-bond acceptors (Lipinski definition) is 3. The van der Waals surface area contributed by atoms with Gasteiger partial charge in [0.05, 0.1) is 6.10 Å². The van der Waals surface area contributed by atoms with Crippen molar-refractivity contribution >= 4 is 5.57 Å². The minimum Gasteiger partial charge on any atom is -0.462 e. The zero-order chi connectivity index (χ0) is 9.26. The van der Waals surface area contributed by atoms with Gasteiger partial charge in [0, 0.05) is 18.7 Å². The first kappa shape index (κ1) is 8.53. The Hall–Kier alpha value is -1.06. The molecule has 0 unspecified atom stereocenters. The minimum atomic E-state index is -0.445. The Kier molecular flexibility index (Phi) is 2.20. The zero-order valence-corrected chi connectivity index (χ0v) is 7.58. The third-order valence-corrected chi connectivity index (χ3v) is 2.19. The standard InChI is InChI=1S/C10H13NO2/c1-7-2-3-10(13-7)8-4-5-11-6-9(8)12/h2-4,9,11-12H,5-6H2,1H3/t9-/m0/s1. The molecule has 3 heteroatoms. The van der Waals surface area contributed by atoms with Crippen LogP contribution in [0.15, 0.2) is 22.6 Å². The van der Waals surface area contributed by atoms with E-state index in [1.165, 1.54) is 0 Å². The third-order valence-electron chi connectivity index (χ3n) is 2.19. The quantitative estimate of drug-likeness (QED) is 0.674. The Balaban J connectivity index is 2.29. The van der Waals surface area contributed by atoms with E-state index in [1.54, 1.807) is 0 Å². The largest absolute Gasteiger partial charge is 0.462 e. The molecule has 1 aromatic rings. The molecular formula is C10H13NO2. The summed E-state index contributed by atoms with van der Waals surface area (Å²) in [5.74, 6) is 1.66. The van der Waals surface area contributed by atoms with Crippen molar-refractivity contribution in [3.8, 4) is 0 Å². The summed E-state index contributed by atoms with van der Waals surface area (Å²) in [5.41, 5.74) is 0.895. The van der Waals surface area contributed by atoms with Crippen molar-refractivity contribution in [2.24, 2.45) is 0 Å². The second kappa shape index (κ2) is 3.36. The van der Waals surface area contributed by atoms with Gasteiger partial charge in [-0.25, -0.2) is 0 Å². The summed E-state index contributed by atoms with van der Waals surface area (Å²) < 4.78 is 5.44. The van der Waals surface area contributed by atoms with E-state index in [-0.39, 0.29) is 0 Å². The monoisotopic (exact) mass is 179 g/mol. The van der Waals surface area contributed by atoms with Gasteiger partial charge >= 0.3 is 0 Å². The van der Waals surface area contributed by atoms with Crippen LogP contribution in [0.5, 0.6) is 0 Å². The van der Waals surface area contributed by atoms with Gasteiger partial charge in [0.2, 0.25) is 0 Å². The van der Waals surface area contributed by atoms with E-state index in [1.807, 2.05) is 25.1 Å². The molecule has 0 radical (unpaired) electrons. The highest BCUT2D eigenvalue weighted by atomic mass is 16.3. The Labute approximate surface area is 77.1 Å². The van der Waals surface area contributed by atoms with Crippen LogP contribution < -0.4 is 5.32 Å². The molecule has 0 amide bonds. The molecule has 13 heavy (non-hydrogen) atoms. The molecule has 0 fully saturated rings. The summed E-state index contributed by atoms with van der Waals surface area (Å²) in [7, 11) is 0. The van der Waals surface area contributed by atoms with Crippen molar-refractivity contribution in [3.05, 3.63) is 29.7 Å². The lowest BCUT2D eigenvalue weighted by Crippen LogP contribution is -2.32. The van der Waals surface area contributed by atoms with Crippen LogP contribution in [-0.4, -0.2) is 24.3 Å². The number of aryl methyl sites for hydroxylation is 1. The SMILES string of the molecule is Cc1ccc(C2=CCNC[C@@H]2O)o1. The van der Waals surface area contributed by atoms with E-state index in [0.29, 0.717) is 6.54 Å². The summed E-state index contributed by atoms with van der Waals surface area (Å²) in [4.78, 5) is 0. The molecule has 2 rings (SSSR count). The second-order valence-corrected chi connectivity index (χ2v) is 3.24. The van der Waals surface area contributed by atoms with Crippen molar-refractivity contribution in [3.63, 3.8) is 0 Å². The molecule has 0 saturated carbocycles. The molecule has 2 heterocycles. The van der Waals surface area contributed by atoms with Crippen LogP contribution in [-0.2, 0) is 0 Å². The van der Waals surface area contributed by atoms with E-state index < -0.39 is 6.10 Å². The normalized spacial score (nSPS) is 22.9. The molecule has 1 aliphatic rings. The first-order valence-corrected chi connectivity index (χ1v) is 4.43. The van der Waals surface area contributed by atoms with Crippen molar-refractivity contribution in [1.82, 2.24) is 5.32 Å². The number of hydrogen-bond donors (Lipinski definition) is 2. The number of rotatable bonds is 1. The number of β-amino-alcohol motifs (C(OH)–C–C–N with tert-alkyl or cyclic N) is 1. The fourth-order valence-corrected chi connectivity index (χ4v) is 1.50. The third kappa shape index (κ3) is 1.66. The highest BCUT2D eigenvalue weighted by Crippen LogP contribution is 2.21. The summed E-state index contributed by atoms with van der Waals surface area (Å²) in [5, 5.41) is 12.7. The second-order valence-electron chi connectivity index (χ2n) is 3.24. The summed E-state index contributed by atoms with van der Waals surface area (Å²) >= 11 is 0. The Morgan fingerprint density at radius 2 is 2.38 bits per heavy atom. The fraction of sp³-hybridized carbons (Fsp3) is 0.400. The predicted molar refractivity (Wildman–Crippen MR) is 50.3 cm³/mol. The summed E-state index contributed by atoms with van der Waals surface area (Å²) in [6.07, 6.45) is 1.52.